The summed E-state index contributed by atoms with van der Waals surface area (Å²) < 4.78 is 0. The summed E-state index contributed by atoms with van der Waals surface area (Å²) in [4.78, 5) is 5.15. The van der Waals surface area contributed by atoms with E-state index in [1.165, 1.54) is 37.2 Å². The largest absolute Gasteiger partial charge is 0.390 e. The molecule has 0 bridgehead atoms. The van der Waals surface area contributed by atoms with Crippen LogP contribution in [0.15, 0.2) is 54.6 Å². The van der Waals surface area contributed by atoms with Crippen molar-refractivity contribution < 1.29 is 5.11 Å². The zero-order valence-electron chi connectivity index (χ0n) is 18.0. The maximum absolute atomic E-state index is 11.0. The van der Waals surface area contributed by atoms with Crippen LogP contribution in [-0.2, 0) is 13.0 Å². The second-order valence-electron chi connectivity index (χ2n) is 9.38. The highest BCUT2D eigenvalue weighted by Gasteiger charge is 2.33. The minimum atomic E-state index is -0.457. The average Bonchev–Trinajstić information content (AvgIpc) is 3.19. The minimum Gasteiger partial charge on any atom is -0.390 e. The van der Waals surface area contributed by atoms with Crippen molar-refractivity contribution in [3.63, 3.8) is 0 Å². The fourth-order valence-electron chi connectivity index (χ4n) is 5.09. The molecule has 4 heteroatoms. The SMILES string of the molecule is OC1(CCCc2ccccc2)CCN(CC2CCN(Cc3ccc(Cl)cc3)C2)CC1. The maximum atomic E-state index is 11.0. The molecule has 1 atom stereocenters. The van der Waals surface area contributed by atoms with Crippen LogP contribution in [0.2, 0.25) is 5.02 Å². The smallest absolute Gasteiger partial charge is 0.0672 e. The zero-order valence-corrected chi connectivity index (χ0v) is 18.7. The van der Waals surface area contributed by atoms with Gasteiger partial charge >= 0.3 is 0 Å². The third-order valence-corrected chi connectivity index (χ3v) is 7.19. The van der Waals surface area contributed by atoms with E-state index in [1.54, 1.807) is 0 Å². The standard InChI is InChI=1S/C26H35ClN2O/c27-25-10-8-23(9-11-25)19-29-16-12-24(21-29)20-28-17-14-26(30,15-18-28)13-4-7-22-5-2-1-3-6-22/h1-3,5-6,8-11,24,30H,4,7,12-21H2. The van der Waals surface area contributed by atoms with Crippen molar-refractivity contribution in [1.82, 2.24) is 9.80 Å². The molecule has 2 aliphatic rings. The van der Waals surface area contributed by atoms with Crippen molar-refractivity contribution in [3.05, 3.63) is 70.7 Å². The molecule has 1 unspecified atom stereocenters. The van der Waals surface area contributed by atoms with Crippen molar-refractivity contribution in [1.29, 1.82) is 0 Å². The normalized spacial score (nSPS) is 22.4. The maximum Gasteiger partial charge on any atom is 0.0672 e. The highest BCUT2D eigenvalue weighted by atomic mass is 35.5. The van der Waals surface area contributed by atoms with E-state index in [9.17, 15) is 5.11 Å². The van der Waals surface area contributed by atoms with Crippen LogP contribution in [0.25, 0.3) is 0 Å². The van der Waals surface area contributed by atoms with E-state index in [0.29, 0.717) is 0 Å². The van der Waals surface area contributed by atoms with Crippen LogP contribution >= 0.6 is 11.6 Å². The Bertz CT molecular complexity index is 771. The van der Waals surface area contributed by atoms with Gasteiger partial charge in [0.25, 0.3) is 0 Å². The minimum absolute atomic E-state index is 0.457. The van der Waals surface area contributed by atoms with Gasteiger partial charge in [0.2, 0.25) is 0 Å². The molecule has 2 aromatic rings. The van der Waals surface area contributed by atoms with Gasteiger partial charge in [0.15, 0.2) is 0 Å². The van der Waals surface area contributed by atoms with Crippen molar-refractivity contribution in [2.45, 2.75) is 50.7 Å². The molecule has 0 aliphatic carbocycles. The fourth-order valence-corrected chi connectivity index (χ4v) is 5.21. The van der Waals surface area contributed by atoms with Crippen LogP contribution in [0.3, 0.4) is 0 Å². The Hall–Kier alpha value is -1.39. The highest BCUT2D eigenvalue weighted by Crippen LogP contribution is 2.29. The molecule has 0 amide bonds. The lowest BCUT2D eigenvalue weighted by molar-refractivity contribution is -0.0313. The summed E-state index contributed by atoms with van der Waals surface area (Å²) in [6.45, 7) is 6.64. The van der Waals surface area contributed by atoms with E-state index in [4.69, 9.17) is 11.6 Å². The fraction of sp³-hybridized carbons (Fsp3) is 0.538. The lowest BCUT2D eigenvalue weighted by atomic mass is 9.85. The first-order chi connectivity index (χ1) is 14.6. The molecule has 0 spiro atoms. The van der Waals surface area contributed by atoms with Gasteiger partial charge in [0.1, 0.15) is 0 Å². The van der Waals surface area contributed by atoms with E-state index < -0.39 is 5.60 Å². The molecule has 2 saturated heterocycles. The topological polar surface area (TPSA) is 26.7 Å². The monoisotopic (exact) mass is 426 g/mol. The molecule has 0 saturated carbocycles. The van der Waals surface area contributed by atoms with Crippen molar-refractivity contribution in [2.24, 2.45) is 5.92 Å². The first kappa shape index (κ1) is 21.8. The number of hydrogen-bond donors (Lipinski definition) is 1. The van der Waals surface area contributed by atoms with Crippen molar-refractivity contribution in [2.75, 3.05) is 32.7 Å². The molecule has 162 valence electrons. The summed E-state index contributed by atoms with van der Waals surface area (Å²) in [6.07, 6.45) is 6.19. The van der Waals surface area contributed by atoms with Gasteiger partial charge in [-0.05, 0) is 74.2 Å². The predicted molar refractivity (Wildman–Crippen MR) is 125 cm³/mol. The first-order valence-corrected chi connectivity index (χ1v) is 11.9. The highest BCUT2D eigenvalue weighted by molar-refractivity contribution is 6.30. The summed E-state index contributed by atoms with van der Waals surface area (Å²) in [5, 5.41) is 11.8. The Morgan fingerprint density at radius 2 is 1.63 bits per heavy atom. The summed E-state index contributed by atoms with van der Waals surface area (Å²) in [5.41, 5.74) is 2.27. The van der Waals surface area contributed by atoms with Crippen LogP contribution in [0, 0.1) is 5.92 Å². The lowest BCUT2D eigenvalue weighted by Crippen LogP contribution is -2.46. The number of aliphatic hydroxyl groups is 1. The van der Waals surface area contributed by atoms with Gasteiger partial charge < -0.3 is 10.0 Å². The molecule has 4 rings (SSSR count). The van der Waals surface area contributed by atoms with E-state index in [1.807, 2.05) is 12.1 Å². The van der Waals surface area contributed by atoms with Gasteiger partial charge in [-0.15, -0.1) is 0 Å². The Morgan fingerprint density at radius 3 is 2.37 bits per heavy atom. The number of benzene rings is 2. The second-order valence-corrected chi connectivity index (χ2v) is 9.82. The second kappa shape index (κ2) is 10.3. The van der Waals surface area contributed by atoms with Crippen LogP contribution in [0.4, 0.5) is 0 Å². The van der Waals surface area contributed by atoms with Gasteiger partial charge in [-0.1, -0.05) is 54.1 Å². The number of nitrogens with zero attached hydrogens (tertiary/aromatic N) is 2. The van der Waals surface area contributed by atoms with Crippen molar-refractivity contribution in [3.8, 4) is 0 Å². The van der Waals surface area contributed by atoms with E-state index in [-0.39, 0.29) is 0 Å². The number of halogens is 1. The Kier molecular flexibility index (Phi) is 7.48. The van der Waals surface area contributed by atoms with E-state index in [0.717, 1.165) is 62.7 Å². The Morgan fingerprint density at radius 1 is 0.900 bits per heavy atom. The number of rotatable bonds is 8. The summed E-state index contributed by atoms with van der Waals surface area (Å²) in [6, 6.07) is 18.9. The first-order valence-electron chi connectivity index (χ1n) is 11.5. The third kappa shape index (κ3) is 6.31. The van der Waals surface area contributed by atoms with Gasteiger partial charge in [0.05, 0.1) is 5.60 Å². The van der Waals surface area contributed by atoms with Crippen LogP contribution < -0.4 is 0 Å². The van der Waals surface area contributed by atoms with Crippen LogP contribution in [-0.4, -0.2) is 53.2 Å². The van der Waals surface area contributed by atoms with Crippen molar-refractivity contribution >= 4 is 11.6 Å². The zero-order chi connectivity index (χ0) is 20.8. The molecule has 2 aromatic carbocycles. The summed E-state index contributed by atoms with van der Waals surface area (Å²) in [5.74, 6) is 0.751. The number of aryl methyl sites for hydroxylation is 1. The number of piperidine rings is 1. The number of likely N-dealkylation sites (tertiary alicyclic amines) is 2. The van der Waals surface area contributed by atoms with Crippen LogP contribution in [0.5, 0.6) is 0 Å². The Labute approximate surface area is 186 Å². The van der Waals surface area contributed by atoms with Gasteiger partial charge in [-0.3, -0.25) is 4.90 Å². The summed E-state index contributed by atoms with van der Waals surface area (Å²) >= 11 is 6.00. The molecule has 30 heavy (non-hydrogen) atoms. The van der Waals surface area contributed by atoms with E-state index >= 15 is 0 Å². The van der Waals surface area contributed by atoms with Gasteiger partial charge in [-0.25, -0.2) is 0 Å². The van der Waals surface area contributed by atoms with Crippen LogP contribution in [0.1, 0.15) is 43.2 Å². The number of hydrogen-bond acceptors (Lipinski definition) is 3. The molecule has 2 fully saturated rings. The van der Waals surface area contributed by atoms with E-state index in [2.05, 4.69) is 52.3 Å². The Balaban J connectivity index is 1.15. The predicted octanol–water partition coefficient (Wildman–Crippen LogP) is 5.01. The molecule has 3 nitrogen and oxygen atoms in total. The molecule has 2 aliphatic heterocycles. The lowest BCUT2D eigenvalue weighted by Gasteiger charge is -2.39. The average molecular weight is 427 g/mol. The molecule has 0 aromatic heterocycles. The third-order valence-electron chi connectivity index (χ3n) is 6.94. The molecular weight excluding hydrogens is 392 g/mol. The molecule has 0 radical (unpaired) electrons. The molecule has 1 N–H and O–H groups in total. The quantitative estimate of drug-likeness (QED) is 0.642. The van der Waals surface area contributed by atoms with Gasteiger partial charge in [-0.2, -0.15) is 0 Å². The molecular formula is C26H35ClN2O. The molecule has 2 heterocycles. The summed E-state index contributed by atoms with van der Waals surface area (Å²) in [7, 11) is 0. The van der Waals surface area contributed by atoms with Gasteiger partial charge in [0, 0.05) is 37.7 Å².